The predicted molar refractivity (Wildman–Crippen MR) is 503 cm³/mol. The third-order valence-electron chi connectivity index (χ3n) is 26.1. The molecule has 9 aliphatic heterocycles. The Morgan fingerprint density at radius 3 is 1.35 bits per heavy atom. The molecule has 3 fully saturated rings. The number of amides is 3. The third-order valence-corrected chi connectivity index (χ3v) is 26.1. The lowest BCUT2D eigenvalue weighted by atomic mass is 9.89. The molecular weight excluding hydrogens is 1680 g/mol. The van der Waals surface area contributed by atoms with Gasteiger partial charge in [0.25, 0.3) is 34.4 Å². The first-order chi connectivity index (χ1) is 64.6. The molecule has 37 nitrogen and oxygen atoms in total. The number of piperidine rings is 1. The van der Waals surface area contributed by atoms with E-state index in [9.17, 15) is 28.8 Å². The van der Waals surface area contributed by atoms with Crippen molar-refractivity contribution in [1.82, 2.24) is 87.9 Å². The van der Waals surface area contributed by atoms with E-state index < -0.39 is 0 Å². The number of hydrogen-bond donors (Lipinski definition) is 4. The molecule has 3 saturated heterocycles. The van der Waals surface area contributed by atoms with Gasteiger partial charge in [-0.25, -0.2) is 48.0 Å². The maximum Gasteiger partial charge on any atom is 0.278 e. The highest BCUT2D eigenvalue weighted by molar-refractivity contribution is 6.01. The Labute approximate surface area is 753 Å². The van der Waals surface area contributed by atoms with Crippen molar-refractivity contribution in [3.8, 4) is 34.4 Å². The average Bonchev–Trinajstić information content (AvgIpc) is 1.60. The highest BCUT2D eigenvalue weighted by atomic mass is 16.5. The lowest BCUT2D eigenvalue weighted by molar-refractivity contribution is -0.122. The second kappa shape index (κ2) is 34.6. The molecule has 6 bridgehead atoms. The number of nitrogens with one attached hydrogen (secondary N) is 4. The second-order valence-corrected chi connectivity index (χ2v) is 34.6. The van der Waals surface area contributed by atoms with Crippen LogP contribution in [0.4, 0.5) is 63.5 Å². The van der Waals surface area contributed by atoms with Crippen molar-refractivity contribution >= 4 is 147 Å². The second-order valence-electron chi connectivity index (χ2n) is 34.6. The molecule has 0 radical (unpaired) electrons. The molecule has 3 amide bonds. The van der Waals surface area contributed by atoms with E-state index in [0.717, 1.165) is 178 Å². The number of nitrogens with zero attached hydrogens (tertiary/aromatic N) is 22. The van der Waals surface area contributed by atoms with Crippen molar-refractivity contribution in [2.75, 3.05) is 166 Å². The minimum Gasteiger partial charge on any atom is -0.482 e. The van der Waals surface area contributed by atoms with Crippen LogP contribution in [0.15, 0.2) is 194 Å². The van der Waals surface area contributed by atoms with Crippen LogP contribution >= 0.6 is 0 Å². The number of fused-ring (bicyclic) bond motifs is 18. The number of allylic oxidation sites excluding steroid dienone is 6. The van der Waals surface area contributed by atoms with Crippen molar-refractivity contribution in [1.29, 1.82) is 0 Å². The minimum absolute atomic E-state index is 0.0164. The summed E-state index contributed by atoms with van der Waals surface area (Å²) in [5.74, 6) is 3.92. The molecule has 0 unspecified atom stereocenters. The maximum absolute atomic E-state index is 13.6. The molecule has 15 aromatic rings. The number of rotatable bonds is 9. The van der Waals surface area contributed by atoms with Crippen LogP contribution in [-0.2, 0) is 34.0 Å². The van der Waals surface area contributed by atoms with Gasteiger partial charge in [0.15, 0.2) is 42.6 Å². The average molecular weight is 1780 g/mol. The highest BCUT2D eigenvalue weighted by Gasteiger charge is 2.34. The summed E-state index contributed by atoms with van der Waals surface area (Å²) in [6, 6.07) is 31.2. The van der Waals surface area contributed by atoms with Gasteiger partial charge in [-0.1, -0.05) is 36.5 Å². The van der Waals surface area contributed by atoms with Crippen molar-refractivity contribution < 1.29 is 37.4 Å². The number of likely N-dealkylation sites (tertiary alicyclic amines) is 1. The highest BCUT2D eigenvalue weighted by Crippen LogP contribution is 2.42. The van der Waals surface area contributed by atoms with Crippen LogP contribution in [0.5, 0.6) is 17.4 Å². The SMILES string of the molecule is CN1CCC(c2coc3cc(Nc4ncc5c(=O)n6n(c5n4)-c4cnc5c(c4)N(CCCC=CC6)C(=O)CO5)ccc23)CC1.CN1CCN(c2coc3cc(Nc4ncc5c(=O)n6n(c5n4)-c4ccc5c(c4)N(CCCC=CC6)C(=O)CO5)ccc23)CC1.CN1CCN(c2n[nH]c3cc(Nc4ncc5c(=O)n6n(c5n4)-c4ccc5c(c4)N(CCCC=CC6)C(=O)CO5)ccc23)CC1. The molecule has 5 aromatic carbocycles. The molecule has 37 heteroatoms. The number of pyridine rings is 1. The number of aromatic nitrogens is 15. The van der Waals surface area contributed by atoms with Gasteiger partial charge < -0.3 is 78.2 Å². The molecule has 9 aliphatic rings. The number of aromatic amines is 1. The number of H-pyrrole nitrogens is 1. The Balaban J connectivity index is 0.000000116. The molecule has 132 heavy (non-hydrogen) atoms. The molecule has 672 valence electrons. The molecule has 0 atom stereocenters. The molecular formula is C95H96N26O11. The van der Waals surface area contributed by atoms with Crippen LogP contribution in [-0.4, -0.2) is 232 Å². The van der Waals surface area contributed by atoms with E-state index in [4.69, 9.17) is 38.0 Å². The lowest BCUT2D eigenvalue weighted by Crippen LogP contribution is -2.44. The molecule has 19 heterocycles. The van der Waals surface area contributed by atoms with Crippen LogP contribution in [0.1, 0.15) is 62.8 Å². The number of carbonyl (C=O) groups excluding carboxylic acids is 3. The third kappa shape index (κ3) is 15.6. The Bertz CT molecular complexity index is 6680. The number of piperazine rings is 2. The standard InChI is InChI=1S/2C32H32N8O4.C31H32N10O3/c1-36-12-14-37(15-13-36)26-19-43-28-16-21(6-8-23(26)28)34-32-33-18-24-30(35-32)40-22-7-9-27-25(17-22)38(29(41)20-44-27)10-4-2-3-5-11-39(40)31(24)42;1-37-12-8-20(9-13-37)25-18-43-27-14-21(6-7-23(25)27)35-32-34-17-24-29(36-32)40-22-15-26-30(33-16-22)44-19-28(41)38(26)10-4-2-3-5-11-39(40)31(24)42;1-37-12-14-38(15-13-37)29-22-8-6-20(16-24(22)35-36-29)33-31-32-18-23-28(34-31)41-21-7-9-26-25(17-21)39(27(42)19-44-26)10-4-2-3-5-11-40(41)30(23)43/h3,5-9,16-19H,2,4,10-15,20H2,1H3,(H,33,34,35);3,5-7,14-18,20H,2,4,8-13,19H2,1H3,(H,34,35,36);3,5-9,16-18H,2,4,10-15,19H2,1H3,(H,35,36)(H,32,33,34). The molecule has 0 aliphatic carbocycles. The zero-order valence-corrected chi connectivity index (χ0v) is 73.2. The number of likely N-dealkylation sites (N-methyl/N-ethyl adjacent to an activating group) is 2. The number of furan rings is 2. The van der Waals surface area contributed by atoms with Gasteiger partial charge in [0.05, 0.1) is 71.7 Å². The van der Waals surface area contributed by atoms with Gasteiger partial charge in [-0.15, -0.1) is 0 Å². The molecule has 24 rings (SSSR count). The molecule has 0 saturated carbocycles. The predicted octanol–water partition coefficient (Wildman–Crippen LogP) is 11.3. The van der Waals surface area contributed by atoms with E-state index in [-0.39, 0.29) is 54.2 Å². The first-order valence-corrected chi connectivity index (χ1v) is 45.0. The van der Waals surface area contributed by atoms with Crippen LogP contribution in [0.2, 0.25) is 0 Å². The molecule has 4 N–H and O–H groups in total. The van der Waals surface area contributed by atoms with Crippen LogP contribution in [0.3, 0.4) is 0 Å². The van der Waals surface area contributed by atoms with E-state index in [0.29, 0.717) is 148 Å². The van der Waals surface area contributed by atoms with E-state index >= 15 is 0 Å². The van der Waals surface area contributed by atoms with E-state index in [1.165, 1.54) is 5.56 Å². The summed E-state index contributed by atoms with van der Waals surface area (Å²) in [6.07, 6.45) is 29.1. The summed E-state index contributed by atoms with van der Waals surface area (Å²) >= 11 is 0. The van der Waals surface area contributed by atoms with Gasteiger partial charge >= 0.3 is 0 Å². The summed E-state index contributed by atoms with van der Waals surface area (Å²) in [5.41, 5.74) is 11.9. The number of ether oxygens (including phenoxy) is 3. The largest absolute Gasteiger partial charge is 0.482 e. The van der Waals surface area contributed by atoms with Crippen LogP contribution in [0, 0.1) is 0 Å². The fraction of sp³-hybridized carbons (Fsp3) is 0.326. The molecule has 10 aromatic heterocycles. The first kappa shape index (κ1) is 82.4. The first-order valence-electron chi connectivity index (χ1n) is 45.0. The monoisotopic (exact) mass is 1780 g/mol. The van der Waals surface area contributed by atoms with Crippen molar-refractivity contribution in [3.63, 3.8) is 0 Å². The van der Waals surface area contributed by atoms with Gasteiger partial charge in [-0.2, -0.15) is 20.1 Å². The summed E-state index contributed by atoms with van der Waals surface area (Å²) in [5, 5.41) is 22.1. The van der Waals surface area contributed by atoms with Crippen molar-refractivity contribution in [2.24, 2.45) is 0 Å². The van der Waals surface area contributed by atoms with E-state index in [1.807, 2.05) is 116 Å². The fourth-order valence-corrected chi connectivity index (χ4v) is 19.0. The smallest absolute Gasteiger partial charge is 0.278 e. The summed E-state index contributed by atoms with van der Waals surface area (Å²) in [7, 11) is 6.45. The summed E-state index contributed by atoms with van der Waals surface area (Å²) in [6.45, 7) is 12.9. The number of carbonyl (C=O) groups is 3. The van der Waals surface area contributed by atoms with Crippen molar-refractivity contribution in [2.45, 2.75) is 76.9 Å². The Morgan fingerprint density at radius 1 is 0.386 bits per heavy atom. The Morgan fingerprint density at radius 2 is 0.826 bits per heavy atom. The van der Waals surface area contributed by atoms with E-state index in [2.05, 4.69) is 122 Å². The normalized spacial score (nSPS) is 17.5. The fourth-order valence-electron chi connectivity index (χ4n) is 19.0. The zero-order valence-electron chi connectivity index (χ0n) is 73.2. The quantitative estimate of drug-likeness (QED) is 0.0975. The Kier molecular flexibility index (Phi) is 21.6. The summed E-state index contributed by atoms with van der Waals surface area (Å²) in [4.78, 5) is 128. The molecule has 0 spiro atoms. The number of benzene rings is 5. The van der Waals surface area contributed by atoms with Gasteiger partial charge in [0.1, 0.15) is 50.8 Å². The summed E-state index contributed by atoms with van der Waals surface area (Å²) < 4.78 is 39.3. The zero-order chi connectivity index (χ0) is 89.4. The van der Waals surface area contributed by atoms with Gasteiger partial charge in [0, 0.05) is 141 Å². The topological polar surface area (TPSA) is 367 Å². The van der Waals surface area contributed by atoms with Gasteiger partial charge in [0.2, 0.25) is 23.7 Å². The van der Waals surface area contributed by atoms with Gasteiger partial charge in [-0.05, 0) is 176 Å². The van der Waals surface area contributed by atoms with Crippen LogP contribution < -0.4 is 71.3 Å². The maximum atomic E-state index is 13.6. The number of hydrogen-bond acceptors (Lipinski definition) is 27. The van der Waals surface area contributed by atoms with Crippen LogP contribution in [0.25, 0.3) is 83.0 Å². The van der Waals surface area contributed by atoms with Crippen molar-refractivity contribution in [3.05, 3.63) is 207 Å². The minimum atomic E-state index is -0.214. The van der Waals surface area contributed by atoms with Gasteiger partial charge in [-0.3, -0.25) is 33.9 Å². The Hall–Kier alpha value is -15.2. The van der Waals surface area contributed by atoms with E-state index in [1.54, 1.807) is 67.6 Å². The lowest BCUT2D eigenvalue weighted by Gasteiger charge is -2.33. The number of anilines is 11.